The molecular weight excluding hydrogens is 467 g/mol. The zero-order chi connectivity index (χ0) is 17.6. The van der Waals surface area contributed by atoms with Crippen molar-refractivity contribution >= 4 is 41.5 Å². The van der Waals surface area contributed by atoms with Gasteiger partial charge in [-0.1, -0.05) is 23.7 Å². The monoisotopic (exact) mass is 490 g/mol. The summed E-state index contributed by atoms with van der Waals surface area (Å²) in [6.45, 7) is 3.81. The molecule has 1 aromatic heterocycles. The molecule has 9 heteroatoms. The van der Waals surface area contributed by atoms with Gasteiger partial charge in [0, 0.05) is 24.0 Å². The van der Waals surface area contributed by atoms with Gasteiger partial charge in [0.2, 0.25) is 0 Å². The van der Waals surface area contributed by atoms with Gasteiger partial charge < -0.3 is 15.7 Å². The fourth-order valence-corrected chi connectivity index (χ4v) is 2.96. The summed E-state index contributed by atoms with van der Waals surface area (Å²) in [5.74, 6) is 1.72. The van der Waals surface area contributed by atoms with Gasteiger partial charge in [-0.15, -0.1) is 24.0 Å². The predicted molar refractivity (Wildman–Crippen MR) is 113 cm³/mol. The second kappa shape index (κ2) is 10.1. The van der Waals surface area contributed by atoms with E-state index in [1.165, 1.54) is 0 Å². The molecule has 0 fully saturated rings. The summed E-state index contributed by atoms with van der Waals surface area (Å²) >= 11 is 5.88. The average molecular weight is 491 g/mol. The molecule has 0 radical (unpaired) electrons. The highest BCUT2D eigenvalue weighted by molar-refractivity contribution is 14.0. The number of guanidine groups is 1. The first-order valence-corrected chi connectivity index (χ1v) is 8.88. The lowest BCUT2D eigenvalue weighted by molar-refractivity contribution is 0.187. The molecule has 7 nitrogen and oxygen atoms in total. The number of aryl methyl sites for hydroxylation is 1. The maximum Gasteiger partial charge on any atom is 0.191 e. The maximum absolute atomic E-state index is 10.3. The van der Waals surface area contributed by atoms with Crippen LogP contribution in [-0.4, -0.2) is 45.0 Å². The van der Waals surface area contributed by atoms with Crippen LogP contribution in [0.1, 0.15) is 30.8 Å². The molecule has 1 aliphatic rings. The van der Waals surface area contributed by atoms with Crippen molar-refractivity contribution in [1.29, 1.82) is 0 Å². The summed E-state index contributed by atoms with van der Waals surface area (Å²) in [6.07, 6.45) is 2.80. The van der Waals surface area contributed by atoms with E-state index in [4.69, 9.17) is 11.6 Å². The highest BCUT2D eigenvalue weighted by Crippen LogP contribution is 2.16. The van der Waals surface area contributed by atoms with Crippen LogP contribution < -0.4 is 10.6 Å². The molecule has 1 aromatic carbocycles. The number of aliphatic hydroxyl groups is 1. The Balaban J connectivity index is 0.00000243. The van der Waals surface area contributed by atoms with E-state index in [-0.39, 0.29) is 36.6 Å². The second-order valence-electron chi connectivity index (χ2n) is 6.03. The van der Waals surface area contributed by atoms with Gasteiger partial charge in [0.1, 0.15) is 12.2 Å². The average Bonchev–Trinajstić information content (AvgIpc) is 3.08. The number of benzene rings is 1. The van der Waals surface area contributed by atoms with Crippen LogP contribution in [-0.2, 0) is 13.0 Å². The highest BCUT2D eigenvalue weighted by atomic mass is 127. The summed E-state index contributed by atoms with van der Waals surface area (Å²) in [6, 6.07) is 7.40. The number of rotatable bonds is 5. The van der Waals surface area contributed by atoms with Crippen molar-refractivity contribution in [1.82, 2.24) is 25.4 Å². The highest BCUT2D eigenvalue weighted by Gasteiger charge is 2.20. The first kappa shape index (κ1) is 20.9. The van der Waals surface area contributed by atoms with Crippen molar-refractivity contribution in [3.05, 3.63) is 47.0 Å². The summed E-state index contributed by atoms with van der Waals surface area (Å²) in [7, 11) is 0. The SMILES string of the molecule is CCNC(=NCC(O)c1ccc(Cl)cc1)NC1CCc2ncnn2C1.I. The number of fused-ring (bicyclic) bond motifs is 1. The second-order valence-corrected chi connectivity index (χ2v) is 6.46. The summed E-state index contributed by atoms with van der Waals surface area (Å²) < 4.78 is 1.92. The fourth-order valence-electron chi connectivity index (χ4n) is 2.84. The molecule has 26 heavy (non-hydrogen) atoms. The fraction of sp³-hybridized carbons (Fsp3) is 0.471. The predicted octanol–water partition coefficient (Wildman–Crippen LogP) is 2.15. The Labute approximate surface area is 175 Å². The molecule has 142 valence electrons. The Bertz CT molecular complexity index is 720. The number of nitrogens with zero attached hydrogens (tertiary/aromatic N) is 4. The third-order valence-corrected chi connectivity index (χ3v) is 4.42. The van der Waals surface area contributed by atoms with Crippen LogP contribution in [0.25, 0.3) is 0 Å². The third kappa shape index (κ3) is 5.55. The number of halogens is 2. The van der Waals surface area contributed by atoms with Crippen LogP contribution in [0.15, 0.2) is 35.6 Å². The molecule has 2 heterocycles. The van der Waals surface area contributed by atoms with Crippen LogP contribution in [0.4, 0.5) is 0 Å². The van der Waals surface area contributed by atoms with Crippen LogP contribution in [0.3, 0.4) is 0 Å². The van der Waals surface area contributed by atoms with Crippen molar-refractivity contribution in [2.24, 2.45) is 4.99 Å². The lowest BCUT2D eigenvalue weighted by Gasteiger charge is -2.25. The Morgan fingerprint density at radius 1 is 1.42 bits per heavy atom. The largest absolute Gasteiger partial charge is 0.386 e. The normalized spacial score (nSPS) is 17.8. The van der Waals surface area contributed by atoms with Gasteiger partial charge in [0.05, 0.1) is 19.2 Å². The molecule has 0 saturated heterocycles. The van der Waals surface area contributed by atoms with Crippen molar-refractivity contribution in [3.63, 3.8) is 0 Å². The lowest BCUT2D eigenvalue weighted by atomic mass is 10.1. The van der Waals surface area contributed by atoms with Gasteiger partial charge in [0.15, 0.2) is 5.96 Å². The topological polar surface area (TPSA) is 87.4 Å². The minimum Gasteiger partial charge on any atom is -0.386 e. The van der Waals surface area contributed by atoms with Crippen LogP contribution in [0, 0.1) is 0 Å². The van der Waals surface area contributed by atoms with Gasteiger partial charge in [-0.2, -0.15) is 5.10 Å². The van der Waals surface area contributed by atoms with Crippen LogP contribution in [0.5, 0.6) is 0 Å². The number of hydrogen-bond acceptors (Lipinski definition) is 4. The first-order valence-electron chi connectivity index (χ1n) is 8.50. The minimum atomic E-state index is -0.666. The number of aromatic nitrogens is 3. The first-order chi connectivity index (χ1) is 12.2. The molecule has 0 amide bonds. The quantitative estimate of drug-likeness (QED) is 0.340. The van der Waals surface area contributed by atoms with E-state index in [1.807, 2.05) is 23.7 Å². The number of aliphatic hydroxyl groups excluding tert-OH is 1. The van der Waals surface area contributed by atoms with E-state index >= 15 is 0 Å². The van der Waals surface area contributed by atoms with E-state index in [2.05, 4.69) is 25.7 Å². The number of hydrogen-bond donors (Lipinski definition) is 3. The Hall–Kier alpha value is -1.39. The van der Waals surface area contributed by atoms with Crippen molar-refractivity contribution in [2.75, 3.05) is 13.1 Å². The third-order valence-electron chi connectivity index (χ3n) is 4.17. The van der Waals surface area contributed by atoms with Crippen molar-refractivity contribution in [2.45, 2.75) is 38.5 Å². The molecular formula is C17H24ClIN6O. The molecule has 0 saturated carbocycles. The van der Waals surface area contributed by atoms with E-state index in [0.717, 1.165) is 37.3 Å². The molecule has 3 N–H and O–H groups in total. The van der Waals surface area contributed by atoms with Gasteiger partial charge in [-0.05, 0) is 31.0 Å². The Morgan fingerprint density at radius 2 is 2.19 bits per heavy atom. The molecule has 1 aliphatic heterocycles. The number of aliphatic imine (C=N–C) groups is 1. The number of nitrogens with one attached hydrogen (secondary N) is 2. The zero-order valence-corrected chi connectivity index (χ0v) is 17.7. The van der Waals surface area contributed by atoms with Gasteiger partial charge in [-0.3, -0.25) is 4.99 Å². The van der Waals surface area contributed by atoms with Crippen LogP contribution in [0.2, 0.25) is 5.02 Å². The summed E-state index contributed by atoms with van der Waals surface area (Å²) in [5, 5.41) is 21.8. The van der Waals surface area contributed by atoms with E-state index in [1.54, 1.807) is 18.5 Å². The zero-order valence-electron chi connectivity index (χ0n) is 14.6. The molecule has 2 unspecified atom stereocenters. The molecule has 0 bridgehead atoms. The maximum atomic E-state index is 10.3. The van der Waals surface area contributed by atoms with Crippen LogP contribution >= 0.6 is 35.6 Å². The van der Waals surface area contributed by atoms with Gasteiger partial charge in [0.25, 0.3) is 0 Å². The molecule has 3 rings (SSSR count). The van der Waals surface area contributed by atoms with E-state index in [0.29, 0.717) is 11.0 Å². The van der Waals surface area contributed by atoms with Crippen molar-refractivity contribution < 1.29 is 5.11 Å². The minimum absolute atomic E-state index is 0. The lowest BCUT2D eigenvalue weighted by Crippen LogP contribution is -2.47. The smallest absolute Gasteiger partial charge is 0.191 e. The molecule has 0 spiro atoms. The molecule has 0 aliphatic carbocycles. The summed E-state index contributed by atoms with van der Waals surface area (Å²) in [4.78, 5) is 8.76. The van der Waals surface area contributed by atoms with Gasteiger partial charge in [-0.25, -0.2) is 9.67 Å². The van der Waals surface area contributed by atoms with Crippen molar-refractivity contribution in [3.8, 4) is 0 Å². The Kier molecular flexibility index (Phi) is 8.11. The van der Waals surface area contributed by atoms with E-state index < -0.39 is 6.10 Å². The molecule has 2 atom stereocenters. The van der Waals surface area contributed by atoms with E-state index in [9.17, 15) is 5.11 Å². The summed E-state index contributed by atoms with van der Waals surface area (Å²) in [5.41, 5.74) is 0.800. The van der Waals surface area contributed by atoms with Gasteiger partial charge >= 0.3 is 0 Å². The Morgan fingerprint density at radius 3 is 2.92 bits per heavy atom. The molecule has 2 aromatic rings. The standard InChI is InChI=1S/C17H23ClN6O.HI/c1-2-19-17(20-9-15(25)12-3-5-13(18)6-4-12)23-14-7-8-16-21-11-22-24(16)10-14;/h3-6,11,14-15,25H,2,7-10H2,1H3,(H2,19,20,23);1H.